The van der Waals surface area contributed by atoms with Gasteiger partial charge in [0.1, 0.15) is 5.75 Å². The van der Waals surface area contributed by atoms with Gasteiger partial charge in [-0.25, -0.2) is 0 Å². The van der Waals surface area contributed by atoms with Gasteiger partial charge in [0.15, 0.2) is 0 Å². The number of aromatic hydroxyl groups is 1. The van der Waals surface area contributed by atoms with E-state index in [-0.39, 0.29) is 12.0 Å². The van der Waals surface area contributed by atoms with Crippen molar-refractivity contribution in [1.29, 1.82) is 0 Å². The monoisotopic (exact) mass is 373 g/mol. The summed E-state index contributed by atoms with van der Waals surface area (Å²) in [5.74, 6) is 0.930. The summed E-state index contributed by atoms with van der Waals surface area (Å²) in [6.45, 7) is 6.43. The molecule has 0 spiro atoms. The number of carbonyl (C=O) groups is 1. The molecule has 1 saturated carbocycles. The van der Waals surface area contributed by atoms with Crippen LogP contribution in [-0.4, -0.2) is 34.2 Å². The second-order valence-electron chi connectivity index (χ2n) is 8.83. The van der Waals surface area contributed by atoms with Crippen molar-refractivity contribution in [2.45, 2.75) is 64.8 Å². The number of hydrogen-bond acceptors (Lipinski definition) is 3. The smallest absolute Gasteiger partial charge is 0.306 e. The van der Waals surface area contributed by atoms with Crippen LogP contribution in [0.3, 0.4) is 0 Å². The summed E-state index contributed by atoms with van der Waals surface area (Å²) in [7, 11) is 0. The average Bonchev–Trinajstić information content (AvgIpc) is 2.65. The van der Waals surface area contributed by atoms with Crippen molar-refractivity contribution in [3.63, 3.8) is 0 Å². The van der Waals surface area contributed by atoms with Crippen LogP contribution in [0.25, 0.3) is 0 Å². The minimum absolute atomic E-state index is 0.218. The number of benzene rings is 1. The Morgan fingerprint density at radius 2 is 1.93 bits per heavy atom. The number of aliphatic carboxylic acids is 1. The lowest BCUT2D eigenvalue weighted by atomic mass is 9.77. The van der Waals surface area contributed by atoms with E-state index in [1.807, 2.05) is 12.1 Å². The van der Waals surface area contributed by atoms with Gasteiger partial charge in [-0.3, -0.25) is 9.69 Å². The van der Waals surface area contributed by atoms with Crippen LogP contribution in [0.15, 0.2) is 24.3 Å². The highest BCUT2D eigenvalue weighted by Crippen LogP contribution is 2.40. The maximum Gasteiger partial charge on any atom is 0.306 e. The van der Waals surface area contributed by atoms with Gasteiger partial charge in [-0.1, -0.05) is 45.2 Å². The molecule has 2 aliphatic rings. The van der Waals surface area contributed by atoms with E-state index in [9.17, 15) is 15.0 Å². The molecule has 1 aliphatic carbocycles. The fourth-order valence-corrected chi connectivity index (χ4v) is 5.29. The maximum absolute atomic E-state index is 11.9. The van der Waals surface area contributed by atoms with Gasteiger partial charge in [0.2, 0.25) is 0 Å². The highest BCUT2D eigenvalue weighted by atomic mass is 16.4. The molecule has 0 radical (unpaired) electrons. The van der Waals surface area contributed by atoms with Crippen molar-refractivity contribution in [3.05, 3.63) is 29.8 Å². The number of hydrogen-bond donors (Lipinski definition) is 2. The Labute approximate surface area is 163 Å². The molecule has 0 amide bonds. The van der Waals surface area contributed by atoms with Crippen molar-refractivity contribution in [2.75, 3.05) is 13.1 Å². The molecule has 4 nitrogen and oxygen atoms in total. The Morgan fingerprint density at radius 1 is 1.19 bits per heavy atom. The Bertz CT molecular complexity index is 626. The summed E-state index contributed by atoms with van der Waals surface area (Å²) < 4.78 is 0. The highest BCUT2D eigenvalue weighted by molar-refractivity contribution is 5.70. The SMILES string of the molecule is CC1CCN(CCC(C(=O)O)C2CCCCC2)C(c2cccc(O)c2)C1C. The molecule has 4 atom stereocenters. The lowest BCUT2D eigenvalue weighted by Crippen LogP contribution is -2.43. The topological polar surface area (TPSA) is 60.8 Å². The van der Waals surface area contributed by atoms with E-state index in [4.69, 9.17) is 0 Å². The number of phenols is 1. The van der Waals surface area contributed by atoms with Crippen LogP contribution in [0.5, 0.6) is 5.75 Å². The van der Waals surface area contributed by atoms with Gasteiger partial charge in [0, 0.05) is 6.04 Å². The average molecular weight is 374 g/mol. The molecule has 4 unspecified atom stereocenters. The number of carboxylic acids is 1. The number of piperidine rings is 1. The number of carboxylic acid groups (broad SMARTS) is 1. The van der Waals surface area contributed by atoms with Gasteiger partial charge in [-0.2, -0.15) is 0 Å². The van der Waals surface area contributed by atoms with Crippen molar-refractivity contribution < 1.29 is 15.0 Å². The summed E-state index contributed by atoms with van der Waals surface area (Å²) in [5, 5.41) is 19.8. The van der Waals surface area contributed by atoms with E-state index in [0.717, 1.165) is 44.3 Å². The van der Waals surface area contributed by atoms with Gasteiger partial charge in [-0.15, -0.1) is 0 Å². The summed E-state index contributed by atoms with van der Waals surface area (Å²) in [5.41, 5.74) is 1.15. The molecule has 0 aromatic heterocycles. The van der Waals surface area contributed by atoms with Crippen LogP contribution in [0.1, 0.15) is 70.4 Å². The largest absolute Gasteiger partial charge is 0.508 e. The fraction of sp³-hybridized carbons (Fsp3) is 0.696. The molecule has 3 rings (SSSR count). The van der Waals surface area contributed by atoms with E-state index >= 15 is 0 Å². The molecular formula is C23H35NO3. The predicted molar refractivity (Wildman–Crippen MR) is 108 cm³/mol. The molecule has 1 aliphatic heterocycles. The van der Waals surface area contributed by atoms with Crippen LogP contribution >= 0.6 is 0 Å². The highest BCUT2D eigenvalue weighted by Gasteiger charge is 2.36. The van der Waals surface area contributed by atoms with Gasteiger partial charge in [0.05, 0.1) is 5.92 Å². The number of phenolic OH excluding ortho intramolecular Hbond substituents is 1. The van der Waals surface area contributed by atoms with Crippen molar-refractivity contribution in [1.82, 2.24) is 4.90 Å². The molecule has 0 bridgehead atoms. The van der Waals surface area contributed by atoms with E-state index < -0.39 is 5.97 Å². The predicted octanol–water partition coefficient (Wildman–Crippen LogP) is 5.08. The van der Waals surface area contributed by atoms with Crippen LogP contribution in [-0.2, 0) is 4.79 Å². The summed E-state index contributed by atoms with van der Waals surface area (Å²) in [6, 6.07) is 7.86. The maximum atomic E-state index is 11.9. The quantitative estimate of drug-likeness (QED) is 0.730. The second-order valence-corrected chi connectivity index (χ2v) is 8.83. The second kappa shape index (κ2) is 9.09. The Kier molecular flexibility index (Phi) is 6.80. The van der Waals surface area contributed by atoms with Gasteiger partial charge in [0.25, 0.3) is 0 Å². The van der Waals surface area contributed by atoms with Gasteiger partial charge >= 0.3 is 5.97 Å². The molecule has 2 fully saturated rings. The molecule has 27 heavy (non-hydrogen) atoms. The first kappa shape index (κ1) is 20.2. The van der Waals surface area contributed by atoms with Crippen molar-refractivity contribution in [2.24, 2.45) is 23.7 Å². The third-order valence-corrected chi connectivity index (χ3v) is 7.14. The normalized spacial score (nSPS) is 28.7. The number of likely N-dealkylation sites (tertiary alicyclic amines) is 1. The third kappa shape index (κ3) is 4.84. The lowest BCUT2D eigenvalue weighted by molar-refractivity contribution is -0.144. The summed E-state index contributed by atoms with van der Waals surface area (Å²) in [6.07, 6.45) is 7.63. The van der Waals surface area contributed by atoms with Crippen molar-refractivity contribution in [3.8, 4) is 5.75 Å². The van der Waals surface area contributed by atoms with E-state index in [1.165, 1.54) is 19.3 Å². The standard InChI is InChI=1S/C23H35NO3/c1-16-11-13-24(22(17(16)2)19-9-6-10-20(25)15-19)14-12-21(23(26)27)18-7-4-3-5-8-18/h6,9-10,15-18,21-22,25H,3-5,7-8,11-14H2,1-2H3,(H,26,27). The summed E-state index contributed by atoms with van der Waals surface area (Å²) in [4.78, 5) is 14.4. The first-order valence-electron chi connectivity index (χ1n) is 10.7. The van der Waals surface area contributed by atoms with E-state index in [2.05, 4.69) is 24.8 Å². The van der Waals surface area contributed by atoms with Gasteiger partial charge < -0.3 is 10.2 Å². The first-order valence-corrected chi connectivity index (χ1v) is 10.7. The zero-order valence-electron chi connectivity index (χ0n) is 16.8. The van der Waals surface area contributed by atoms with Gasteiger partial charge in [-0.05, 0) is 74.2 Å². The zero-order chi connectivity index (χ0) is 19.4. The molecule has 150 valence electrons. The number of nitrogens with zero attached hydrogens (tertiary/aromatic N) is 1. The Balaban J connectivity index is 1.73. The molecular weight excluding hydrogens is 338 g/mol. The first-order chi connectivity index (χ1) is 13.0. The Hall–Kier alpha value is -1.55. The van der Waals surface area contributed by atoms with E-state index in [1.54, 1.807) is 6.07 Å². The van der Waals surface area contributed by atoms with Crippen LogP contribution in [0.4, 0.5) is 0 Å². The molecule has 4 heteroatoms. The van der Waals surface area contributed by atoms with Crippen molar-refractivity contribution >= 4 is 5.97 Å². The van der Waals surface area contributed by atoms with E-state index in [0.29, 0.717) is 23.5 Å². The minimum atomic E-state index is -0.616. The Morgan fingerprint density at radius 3 is 2.59 bits per heavy atom. The zero-order valence-corrected chi connectivity index (χ0v) is 16.8. The van der Waals surface area contributed by atoms with Crippen LogP contribution in [0, 0.1) is 23.7 Å². The fourth-order valence-electron chi connectivity index (χ4n) is 5.29. The molecule has 1 heterocycles. The third-order valence-electron chi connectivity index (χ3n) is 7.14. The van der Waals surface area contributed by atoms with Crippen LogP contribution < -0.4 is 0 Å². The molecule has 2 N–H and O–H groups in total. The molecule has 1 saturated heterocycles. The minimum Gasteiger partial charge on any atom is -0.508 e. The summed E-state index contributed by atoms with van der Waals surface area (Å²) >= 11 is 0. The molecule has 1 aromatic rings. The van der Waals surface area contributed by atoms with Crippen LogP contribution in [0.2, 0.25) is 0 Å². The number of rotatable bonds is 6. The molecule has 1 aromatic carbocycles. The lowest BCUT2D eigenvalue weighted by Gasteiger charge is -2.44.